The lowest BCUT2D eigenvalue weighted by Crippen LogP contribution is -1.99. The highest BCUT2D eigenvalue weighted by Crippen LogP contribution is 2.24. The predicted molar refractivity (Wildman–Crippen MR) is 92.5 cm³/mol. The first kappa shape index (κ1) is 12.9. The molecule has 0 aliphatic carbocycles. The third kappa shape index (κ3) is 2.31. The fraction of sp³-hybridized carbons (Fsp3) is 0.0476. The van der Waals surface area contributed by atoms with Gasteiger partial charge in [0.05, 0.1) is 5.52 Å². The normalized spacial score (nSPS) is 10.9. The zero-order chi connectivity index (χ0) is 14.8. The molecule has 0 saturated carbocycles. The third-order valence-corrected chi connectivity index (χ3v) is 4.09. The fourth-order valence-electron chi connectivity index (χ4n) is 3.00. The molecule has 22 heavy (non-hydrogen) atoms. The molecule has 4 rings (SSSR count). The summed E-state index contributed by atoms with van der Waals surface area (Å²) in [5.41, 5.74) is 5.19. The van der Waals surface area contributed by atoms with Crippen molar-refractivity contribution >= 4 is 10.9 Å². The second-order valence-electron chi connectivity index (χ2n) is 5.54. The number of benzene rings is 3. The van der Waals surface area contributed by atoms with E-state index in [1.165, 1.54) is 27.7 Å². The molecule has 0 spiro atoms. The van der Waals surface area contributed by atoms with Gasteiger partial charge in [0.1, 0.15) is 0 Å². The van der Waals surface area contributed by atoms with Crippen LogP contribution in [0.2, 0.25) is 0 Å². The Bertz CT molecular complexity index is 903. The van der Waals surface area contributed by atoms with Crippen LogP contribution in [-0.4, -0.2) is 4.57 Å². The average molecular weight is 283 g/mol. The van der Waals surface area contributed by atoms with E-state index in [9.17, 15) is 0 Å². The van der Waals surface area contributed by atoms with Crippen LogP contribution in [0, 0.1) is 0 Å². The zero-order valence-electron chi connectivity index (χ0n) is 12.3. The van der Waals surface area contributed by atoms with Crippen LogP contribution in [0.4, 0.5) is 0 Å². The molecule has 0 aliphatic heterocycles. The van der Waals surface area contributed by atoms with Crippen molar-refractivity contribution in [3.8, 4) is 5.69 Å². The topological polar surface area (TPSA) is 4.93 Å². The molecule has 0 saturated heterocycles. The van der Waals surface area contributed by atoms with Crippen molar-refractivity contribution < 1.29 is 0 Å². The Labute approximate surface area is 130 Å². The molecule has 0 aliphatic rings. The van der Waals surface area contributed by atoms with Crippen molar-refractivity contribution in [3.63, 3.8) is 0 Å². The average Bonchev–Trinajstić information content (AvgIpc) is 3.00. The van der Waals surface area contributed by atoms with E-state index in [1.54, 1.807) is 0 Å². The van der Waals surface area contributed by atoms with E-state index in [2.05, 4.69) is 95.7 Å². The number of para-hydroxylation sites is 2. The summed E-state index contributed by atoms with van der Waals surface area (Å²) in [6.45, 7) is 0. The molecular weight excluding hydrogens is 266 g/mol. The van der Waals surface area contributed by atoms with Gasteiger partial charge in [-0.3, -0.25) is 0 Å². The first-order valence-corrected chi connectivity index (χ1v) is 7.60. The largest absolute Gasteiger partial charge is 0.316 e. The summed E-state index contributed by atoms with van der Waals surface area (Å²) in [6, 6.07) is 30.0. The van der Waals surface area contributed by atoms with Crippen molar-refractivity contribution in [2.45, 2.75) is 6.42 Å². The zero-order valence-corrected chi connectivity index (χ0v) is 12.3. The molecule has 1 aromatic heterocycles. The van der Waals surface area contributed by atoms with E-state index >= 15 is 0 Å². The van der Waals surface area contributed by atoms with Crippen molar-refractivity contribution in [2.24, 2.45) is 0 Å². The standard InChI is InChI=1S/C21H17N/c1-2-8-17(9-3-1)16-19-11-5-7-13-21(19)22-15-14-18-10-4-6-12-20(18)22/h1-15H,16H2. The summed E-state index contributed by atoms with van der Waals surface area (Å²) in [4.78, 5) is 0. The molecule has 0 atom stereocenters. The minimum atomic E-state index is 0.948. The van der Waals surface area contributed by atoms with Crippen LogP contribution < -0.4 is 0 Å². The maximum atomic E-state index is 2.29. The summed E-state index contributed by atoms with van der Waals surface area (Å²) < 4.78 is 2.29. The third-order valence-electron chi connectivity index (χ3n) is 4.09. The van der Waals surface area contributed by atoms with Crippen LogP contribution in [0.5, 0.6) is 0 Å². The Balaban J connectivity index is 1.82. The highest BCUT2D eigenvalue weighted by Gasteiger charge is 2.07. The smallest absolute Gasteiger partial charge is 0.0528 e. The SMILES string of the molecule is c1ccc(Cc2ccccc2-n2ccc3ccccc32)cc1. The van der Waals surface area contributed by atoms with Crippen molar-refractivity contribution in [3.05, 3.63) is 102 Å². The highest BCUT2D eigenvalue weighted by atomic mass is 15.0. The number of fused-ring (bicyclic) bond motifs is 1. The van der Waals surface area contributed by atoms with Gasteiger partial charge in [0.15, 0.2) is 0 Å². The Morgan fingerprint density at radius 1 is 0.636 bits per heavy atom. The number of hydrogen-bond acceptors (Lipinski definition) is 0. The lowest BCUT2D eigenvalue weighted by atomic mass is 10.0. The van der Waals surface area contributed by atoms with Gasteiger partial charge in [0, 0.05) is 11.9 Å². The molecule has 4 aromatic rings. The molecule has 0 radical (unpaired) electrons. The van der Waals surface area contributed by atoms with E-state index in [-0.39, 0.29) is 0 Å². The van der Waals surface area contributed by atoms with Gasteiger partial charge >= 0.3 is 0 Å². The monoisotopic (exact) mass is 283 g/mol. The quantitative estimate of drug-likeness (QED) is 0.485. The molecule has 3 aromatic carbocycles. The van der Waals surface area contributed by atoms with Crippen LogP contribution in [0.25, 0.3) is 16.6 Å². The minimum absolute atomic E-state index is 0.948. The molecule has 106 valence electrons. The lowest BCUT2D eigenvalue weighted by Gasteiger charge is -2.12. The maximum Gasteiger partial charge on any atom is 0.0528 e. The second-order valence-corrected chi connectivity index (χ2v) is 5.54. The van der Waals surface area contributed by atoms with Crippen molar-refractivity contribution in [1.82, 2.24) is 4.57 Å². The number of aromatic nitrogens is 1. The summed E-state index contributed by atoms with van der Waals surface area (Å²) in [6.07, 6.45) is 3.11. The molecule has 1 heterocycles. The van der Waals surface area contributed by atoms with E-state index in [1.807, 2.05) is 0 Å². The van der Waals surface area contributed by atoms with Crippen LogP contribution >= 0.6 is 0 Å². The van der Waals surface area contributed by atoms with Crippen molar-refractivity contribution in [2.75, 3.05) is 0 Å². The highest BCUT2D eigenvalue weighted by molar-refractivity contribution is 5.82. The molecule has 0 unspecified atom stereocenters. The first-order valence-electron chi connectivity index (χ1n) is 7.60. The van der Waals surface area contributed by atoms with Crippen LogP contribution in [0.15, 0.2) is 91.1 Å². The summed E-state index contributed by atoms with van der Waals surface area (Å²) in [7, 11) is 0. The van der Waals surface area contributed by atoms with Gasteiger partial charge in [-0.25, -0.2) is 0 Å². The molecular formula is C21H17N. The Kier molecular flexibility index (Phi) is 3.24. The van der Waals surface area contributed by atoms with Gasteiger partial charge in [-0.1, -0.05) is 66.7 Å². The number of nitrogens with zero attached hydrogens (tertiary/aromatic N) is 1. The maximum absolute atomic E-state index is 2.29. The van der Waals surface area contributed by atoms with Gasteiger partial charge in [-0.15, -0.1) is 0 Å². The molecule has 0 fully saturated rings. The molecule has 1 nitrogen and oxygen atoms in total. The molecule has 1 heteroatoms. The fourth-order valence-corrected chi connectivity index (χ4v) is 3.00. The van der Waals surface area contributed by atoms with E-state index in [4.69, 9.17) is 0 Å². The first-order chi connectivity index (χ1) is 10.9. The summed E-state index contributed by atoms with van der Waals surface area (Å²) in [5, 5.41) is 1.28. The van der Waals surface area contributed by atoms with Crippen LogP contribution in [-0.2, 0) is 6.42 Å². The lowest BCUT2D eigenvalue weighted by molar-refractivity contribution is 1.06. The molecule has 0 N–H and O–H groups in total. The van der Waals surface area contributed by atoms with E-state index in [0.717, 1.165) is 6.42 Å². The van der Waals surface area contributed by atoms with Gasteiger partial charge < -0.3 is 4.57 Å². The van der Waals surface area contributed by atoms with Gasteiger partial charge in [0.2, 0.25) is 0 Å². The summed E-state index contributed by atoms with van der Waals surface area (Å²) in [5.74, 6) is 0. The number of rotatable bonds is 3. The second kappa shape index (κ2) is 5.53. The van der Waals surface area contributed by atoms with Crippen molar-refractivity contribution in [1.29, 1.82) is 0 Å². The predicted octanol–water partition coefficient (Wildman–Crippen LogP) is 5.22. The molecule has 0 bridgehead atoms. The number of hydrogen-bond donors (Lipinski definition) is 0. The van der Waals surface area contributed by atoms with Crippen LogP contribution in [0.3, 0.4) is 0 Å². The van der Waals surface area contributed by atoms with Gasteiger partial charge in [-0.2, -0.15) is 0 Å². The Hall–Kier alpha value is -2.80. The van der Waals surface area contributed by atoms with E-state index < -0.39 is 0 Å². The van der Waals surface area contributed by atoms with E-state index in [0.29, 0.717) is 0 Å². The van der Waals surface area contributed by atoms with Crippen LogP contribution in [0.1, 0.15) is 11.1 Å². The Morgan fingerprint density at radius 2 is 1.36 bits per heavy atom. The Morgan fingerprint density at radius 3 is 2.27 bits per heavy atom. The minimum Gasteiger partial charge on any atom is -0.316 e. The van der Waals surface area contributed by atoms with Gasteiger partial charge in [-0.05, 0) is 41.1 Å². The van der Waals surface area contributed by atoms with Gasteiger partial charge in [0.25, 0.3) is 0 Å². The summed E-state index contributed by atoms with van der Waals surface area (Å²) >= 11 is 0. The molecule has 0 amide bonds.